The lowest BCUT2D eigenvalue weighted by Gasteiger charge is -2.41. The number of nitro benzene ring substituents is 1. The quantitative estimate of drug-likeness (QED) is 0.220. The Balaban J connectivity index is 1.40. The number of nitrogens with zero attached hydrogens (tertiary/aromatic N) is 7. The summed E-state index contributed by atoms with van der Waals surface area (Å²) in [7, 11) is 0. The first-order valence-corrected chi connectivity index (χ1v) is 13.5. The van der Waals surface area contributed by atoms with Crippen molar-refractivity contribution in [1.29, 1.82) is 0 Å². The second kappa shape index (κ2) is 10.4. The maximum Gasteiger partial charge on any atom is 0.280 e. The number of anilines is 1. The molecule has 0 spiro atoms. The van der Waals surface area contributed by atoms with Gasteiger partial charge in [-0.15, -0.1) is 10.2 Å². The van der Waals surface area contributed by atoms with Crippen LogP contribution in [0.25, 0.3) is 27.9 Å². The fourth-order valence-corrected chi connectivity index (χ4v) is 5.68. The molecule has 0 radical (unpaired) electrons. The molecule has 10 heteroatoms. The van der Waals surface area contributed by atoms with Crippen LogP contribution in [0, 0.1) is 10.1 Å². The van der Waals surface area contributed by atoms with Gasteiger partial charge < -0.3 is 9.80 Å². The van der Waals surface area contributed by atoms with Gasteiger partial charge in [-0.3, -0.25) is 14.9 Å². The first kappa shape index (κ1) is 25.4. The minimum atomic E-state index is -0.409. The van der Waals surface area contributed by atoms with Crippen LogP contribution in [0.4, 0.5) is 11.6 Å². The molecule has 0 N–H and O–H groups in total. The fraction of sp³-hybridized carbons (Fsp3) is 0.267. The topological polar surface area (TPSA) is 110 Å². The molecule has 40 heavy (non-hydrogen) atoms. The molecule has 0 saturated carbocycles. The van der Waals surface area contributed by atoms with Crippen molar-refractivity contribution in [3.8, 4) is 11.4 Å². The zero-order valence-electron chi connectivity index (χ0n) is 22.3. The van der Waals surface area contributed by atoms with E-state index in [-0.39, 0.29) is 23.6 Å². The van der Waals surface area contributed by atoms with Crippen LogP contribution in [-0.2, 0) is 4.79 Å². The Kier molecular flexibility index (Phi) is 6.59. The maximum absolute atomic E-state index is 13.7. The van der Waals surface area contributed by atoms with Gasteiger partial charge in [0.1, 0.15) is 0 Å². The lowest BCUT2D eigenvalue weighted by molar-refractivity contribution is -0.384. The van der Waals surface area contributed by atoms with Gasteiger partial charge in [0.15, 0.2) is 11.5 Å². The number of carbonyl (C=O) groups is 1. The van der Waals surface area contributed by atoms with Gasteiger partial charge in [0.2, 0.25) is 11.9 Å². The Bertz CT molecular complexity index is 1720. The molecule has 0 unspecified atom stereocenters. The molecule has 10 nitrogen and oxygen atoms in total. The van der Waals surface area contributed by atoms with Gasteiger partial charge in [-0.2, -0.15) is 0 Å². The Morgan fingerprint density at radius 3 is 2.48 bits per heavy atom. The molecule has 0 aliphatic carbocycles. The van der Waals surface area contributed by atoms with E-state index in [1.54, 1.807) is 18.2 Å². The molecule has 1 saturated heterocycles. The van der Waals surface area contributed by atoms with Crippen molar-refractivity contribution in [2.24, 2.45) is 0 Å². The number of nitro groups is 1. The van der Waals surface area contributed by atoms with Gasteiger partial charge in [-0.25, -0.2) is 9.38 Å². The van der Waals surface area contributed by atoms with Gasteiger partial charge in [-0.1, -0.05) is 61.5 Å². The molecular weight excluding hydrogens is 506 g/mol. The van der Waals surface area contributed by atoms with Crippen molar-refractivity contribution in [3.63, 3.8) is 0 Å². The van der Waals surface area contributed by atoms with E-state index in [0.717, 1.165) is 22.9 Å². The number of aromatic nitrogens is 4. The van der Waals surface area contributed by atoms with E-state index in [1.165, 1.54) is 6.07 Å². The molecule has 5 aromatic rings. The Morgan fingerprint density at radius 1 is 1.00 bits per heavy atom. The van der Waals surface area contributed by atoms with Gasteiger partial charge in [0.25, 0.3) is 5.69 Å². The van der Waals surface area contributed by atoms with E-state index < -0.39 is 4.92 Å². The summed E-state index contributed by atoms with van der Waals surface area (Å²) in [6.07, 6.45) is 0.725. The first-order chi connectivity index (χ1) is 19.5. The highest BCUT2D eigenvalue weighted by atomic mass is 16.6. The predicted molar refractivity (Wildman–Crippen MR) is 153 cm³/mol. The molecule has 3 aromatic carbocycles. The summed E-state index contributed by atoms with van der Waals surface area (Å²) in [5, 5.41) is 21.6. The van der Waals surface area contributed by atoms with Crippen LogP contribution in [0.2, 0.25) is 0 Å². The molecule has 1 aliphatic rings. The van der Waals surface area contributed by atoms with Gasteiger partial charge in [0, 0.05) is 37.1 Å². The SMILES string of the molecule is CC[C@@H](C(=O)N1CCN(c2nc3ccccc3c3nnc(-c4ccccc4[N+](=O)[O-])n23)C[C@H]1C)c1ccccc1. The van der Waals surface area contributed by atoms with E-state index in [4.69, 9.17) is 4.98 Å². The number of amides is 1. The van der Waals surface area contributed by atoms with E-state index >= 15 is 0 Å². The maximum atomic E-state index is 13.7. The van der Waals surface area contributed by atoms with Gasteiger partial charge in [-0.05, 0) is 37.1 Å². The zero-order valence-corrected chi connectivity index (χ0v) is 22.3. The summed E-state index contributed by atoms with van der Waals surface area (Å²) in [6, 6.07) is 24.1. The number of hydrogen-bond acceptors (Lipinski definition) is 7. The Hall–Kier alpha value is -4.86. The summed E-state index contributed by atoms with van der Waals surface area (Å²) in [6.45, 7) is 5.72. The number of hydrogen-bond donors (Lipinski definition) is 0. The highest BCUT2D eigenvalue weighted by Crippen LogP contribution is 2.34. The highest BCUT2D eigenvalue weighted by molar-refractivity contribution is 5.93. The first-order valence-electron chi connectivity index (χ1n) is 13.5. The van der Waals surface area contributed by atoms with Crippen LogP contribution in [-0.4, -0.2) is 61.0 Å². The van der Waals surface area contributed by atoms with Crippen LogP contribution in [0.1, 0.15) is 31.7 Å². The number of benzene rings is 3. The third-order valence-corrected chi connectivity index (χ3v) is 7.67. The van der Waals surface area contributed by atoms with Crippen molar-refractivity contribution in [1.82, 2.24) is 24.5 Å². The minimum absolute atomic E-state index is 0.0498. The van der Waals surface area contributed by atoms with Crippen LogP contribution in [0.15, 0.2) is 78.9 Å². The van der Waals surface area contributed by atoms with Crippen molar-refractivity contribution < 1.29 is 9.72 Å². The van der Waals surface area contributed by atoms with Crippen LogP contribution in [0.5, 0.6) is 0 Å². The lowest BCUT2D eigenvalue weighted by Crippen LogP contribution is -2.55. The minimum Gasteiger partial charge on any atom is -0.338 e. The standard InChI is InChI=1S/C30H29N7O3/c1-3-22(21-11-5-4-6-12-21)29(38)35-18-17-34(19-20(35)2)30-31-25-15-9-7-13-23(25)27-32-33-28(36(27)30)24-14-8-10-16-26(24)37(39)40/h4-16,20,22H,3,17-19H2,1-2H3/t20-,22-/m1/s1. The summed E-state index contributed by atoms with van der Waals surface area (Å²) < 4.78 is 1.81. The van der Waals surface area contributed by atoms with E-state index in [2.05, 4.69) is 22.0 Å². The molecule has 202 valence electrons. The number of piperazine rings is 1. The average molecular weight is 536 g/mol. The normalized spacial score (nSPS) is 16.4. The number of carbonyl (C=O) groups excluding carboxylic acids is 1. The fourth-order valence-electron chi connectivity index (χ4n) is 5.68. The number of rotatable bonds is 6. The van der Waals surface area contributed by atoms with Crippen LogP contribution < -0.4 is 4.90 Å². The Labute approximate surface area is 231 Å². The van der Waals surface area contributed by atoms with Crippen molar-refractivity contribution in [2.75, 3.05) is 24.5 Å². The third kappa shape index (κ3) is 4.31. The van der Waals surface area contributed by atoms with Crippen molar-refractivity contribution >= 4 is 34.1 Å². The second-order valence-electron chi connectivity index (χ2n) is 10.1. The molecule has 1 amide bonds. The van der Waals surface area contributed by atoms with Gasteiger partial charge >= 0.3 is 0 Å². The van der Waals surface area contributed by atoms with Gasteiger partial charge in [0.05, 0.1) is 21.9 Å². The van der Waals surface area contributed by atoms with E-state index in [0.29, 0.717) is 42.6 Å². The monoisotopic (exact) mass is 535 g/mol. The summed E-state index contributed by atoms with van der Waals surface area (Å²) >= 11 is 0. The highest BCUT2D eigenvalue weighted by Gasteiger charge is 2.34. The molecule has 6 rings (SSSR count). The smallest absolute Gasteiger partial charge is 0.280 e. The lowest BCUT2D eigenvalue weighted by atomic mass is 9.94. The zero-order chi connectivity index (χ0) is 27.8. The number of fused-ring (bicyclic) bond motifs is 3. The molecule has 1 fully saturated rings. The molecular formula is C30H29N7O3. The predicted octanol–water partition coefficient (Wildman–Crippen LogP) is 5.08. The average Bonchev–Trinajstić information content (AvgIpc) is 3.43. The summed E-state index contributed by atoms with van der Waals surface area (Å²) in [5.41, 5.74) is 2.68. The molecule has 3 heterocycles. The largest absolute Gasteiger partial charge is 0.338 e. The number of para-hydroxylation sites is 2. The van der Waals surface area contributed by atoms with Crippen molar-refractivity contribution in [2.45, 2.75) is 32.2 Å². The molecule has 0 bridgehead atoms. The van der Waals surface area contributed by atoms with Crippen LogP contribution in [0.3, 0.4) is 0 Å². The van der Waals surface area contributed by atoms with Crippen molar-refractivity contribution in [3.05, 3.63) is 94.5 Å². The van der Waals surface area contributed by atoms with Crippen LogP contribution >= 0.6 is 0 Å². The third-order valence-electron chi connectivity index (χ3n) is 7.67. The summed E-state index contributed by atoms with van der Waals surface area (Å²) in [5.74, 6) is 0.892. The second-order valence-corrected chi connectivity index (χ2v) is 10.1. The molecule has 2 atom stereocenters. The molecule has 1 aliphatic heterocycles. The Morgan fingerprint density at radius 2 is 1.73 bits per heavy atom. The molecule has 2 aromatic heterocycles. The summed E-state index contributed by atoms with van der Waals surface area (Å²) in [4.78, 5) is 34.2. The van der Waals surface area contributed by atoms with E-state index in [1.807, 2.05) is 70.8 Å². The van der Waals surface area contributed by atoms with E-state index in [9.17, 15) is 14.9 Å².